The fraction of sp³-hybridized carbons (Fsp3) is 0.222. The molecule has 26 heavy (non-hydrogen) atoms. The van der Waals surface area contributed by atoms with Crippen LogP contribution in [-0.2, 0) is 5.75 Å². The van der Waals surface area contributed by atoms with Gasteiger partial charge in [-0.3, -0.25) is 0 Å². The molecule has 0 aliphatic rings. The van der Waals surface area contributed by atoms with Gasteiger partial charge in [0.05, 0.1) is 16.3 Å². The molecule has 0 amide bonds. The second-order valence-electron chi connectivity index (χ2n) is 6.01. The molecule has 132 valence electrons. The Kier molecular flexibility index (Phi) is 4.60. The van der Waals surface area contributed by atoms with E-state index in [1.807, 2.05) is 24.4 Å². The molecule has 0 atom stereocenters. The summed E-state index contributed by atoms with van der Waals surface area (Å²) in [4.78, 5) is 5.66. The fourth-order valence-electron chi connectivity index (χ4n) is 2.70. The summed E-state index contributed by atoms with van der Waals surface area (Å²) in [7, 11) is 0. The predicted octanol–water partition coefficient (Wildman–Crippen LogP) is 4.60. The zero-order valence-electron chi connectivity index (χ0n) is 14.6. The van der Waals surface area contributed by atoms with Crippen LogP contribution in [0.4, 0.5) is 0 Å². The van der Waals surface area contributed by atoms with E-state index in [1.54, 1.807) is 27.8 Å². The predicted molar refractivity (Wildman–Crippen MR) is 103 cm³/mol. The van der Waals surface area contributed by atoms with Crippen molar-refractivity contribution in [3.05, 3.63) is 58.3 Å². The smallest absolute Gasteiger partial charge is 0.236 e. The van der Waals surface area contributed by atoms with Crippen LogP contribution in [0.3, 0.4) is 0 Å². The number of benzene rings is 1. The van der Waals surface area contributed by atoms with Crippen LogP contribution in [0, 0.1) is 20.8 Å². The summed E-state index contributed by atoms with van der Waals surface area (Å²) < 4.78 is 7.57. The van der Waals surface area contributed by atoms with Crippen molar-refractivity contribution in [3.63, 3.8) is 0 Å². The SMILES string of the molecule is Cc1cc(C)cc(-n2nnnc2SCc2nc(-c3cccs3)oc2C)c1. The number of aromatic nitrogens is 5. The molecular weight excluding hydrogens is 366 g/mol. The molecule has 4 aromatic rings. The molecule has 0 bridgehead atoms. The molecule has 0 fully saturated rings. The molecule has 0 N–H and O–H groups in total. The van der Waals surface area contributed by atoms with Gasteiger partial charge in [-0.15, -0.1) is 16.4 Å². The monoisotopic (exact) mass is 383 g/mol. The molecule has 0 saturated heterocycles. The lowest BCUT2D eigenvalue weighted by Crippen LogP contribution is -2.00. The highest BCUT2D eigenvalue weighted by Crippen LogP contribution is 2.29. The Morgan fingerprint density at radius 1 is 1.15 bits per heavy atom. The highest BCUT2D eigenvalue weighted by atomic mass is 32.2. The first kappa shape index (κ1) is 17.0. The van der Waals surface area contributed by atoms with E-state index in [9.17, 15) is 0 Å². The number of rotatable bonds is 5. The second kappa shape index (κ2) is 7.05. The van der Waals surface area contributed by atoms with Crippen LogP contribution in [0.15, 0.2) is 45.3 Å². The Morgan fingerprint density at radius 2 is 1.96 bits per heavy atom. The average molecular weight is 384 g/mol. The summed E-state index contributed by atoms with van der Waals surface area (Å²) in [5.74, 6) is 2.14. The van der Waals surface area contributed by atoms with E-state index < -0.39 is 0 Å². The Balaban J connectivity index is 1.56. The third-order valence-electron chi connectivity index (χ3n) is 3.85. The summed E-state index contributed by atoms with van der Waals surface area (Å²) in [6.45, 7) is 6.07. The normalized spacial score (nSPS) is 11.2. The zero-order chi connectivity index (χ0) is 18.1. The number of oxazole rings is 1. The molecule has 8 heteroatoms. The third kappa shape index (κ3) is 3.42. The molecule has 0 radical (unpaired) electrons. The first-order valence-corrected chi connectivity index (χ1v) is 9.97. The molecule has 0 saturated carbocycles. The van der Waals surface area contributed by atoms with E-state index in [1.165, 1.54) is 11.1 Å². The van der Waals surface area contributed by atoms with Gasteiger partial charge in [0, 0.05) is 5.75 Å². The van der Waals surface area contributed by atoms with Crippen LogP contribution in [-0.4, -0.2) is 25.2 Å². The first-order valence-electron chi connectivity index (χ1n) is 8.10. The van der Waals surface area contributed by atoms with Crippen molar-refractivity contribution >= 4 is 23.1 Å². The maximum absolute atomic E-state index is 5.80. The third-order valence-corrected chi connectivity index (χ3v) is 5.64. The molecule has 0 unspecified atom stereocenters. The van der Waals surface area contributed by atoms with Gasteiger partial charge < -0.3 is 4.42 Å². The Labute approximate surface area is 159 Å². The minimum absolute atomic E-state index is 0.645. The highest BCUT2D eigenvalue weighted by Gasteiger charge is 2.15. The van der Waals surface area contributed by atoms with Crippen molar-refractivity contribution in [2.24, 2.45) is 0 Å². The van der Waals surface area contributed by atoms with Gasteiger partial charge in [0.1, 0.15) is 5.76 Å². The lowest BCUT2D eigenvalue weighted by atomic mass is 10.1. The van der Waals surface area contributed by atoms with Crippen molar-refractivity contribution in [2.45, 2.75) is 31.7 Å². The van der Waals surface area contributed by atoms with Gasteiger partial charge in [-0.2, -0.15) is 4.68 Å². The summed E-state index contributed by atoms with van der Waals surface area (Å²) in [6, 6.07) is 10.3. The van der Waals surface area contributed by atoms with Crippen molar-refractivity contribution in [2.75, 3.05) is 0 Å². The van der Waals surface area contributed by atoms with Crippen molar-refractivity contribution < 1.29 is 4.42 Å². The Morgan fingerprint density at radius 3 is 2.69 bits per heavy atom. The van der Waals surface area contributed by atoms with E-state index in [0.717, 1.165) is 27.2 Å². The van der Waals surface area contributed by atoms with Gasteiger partial charge in [0.15, 0.2) is 0 Å². The van der Waals surface area contributed by atoms with Crippen molar-refractivity contribution in [1.29, 1.82) is 0 Å². The highest BCUT2D eigenvalue weighted by molar-refractivity contribution is 7.98. The Bertz CT molecular complexity index is 1020. The van der Waals surface area contributed by atoms with Gasteiger partial charge in [-0.25, -0.2) is 4.98 Å². The summed E-state index contributed by atoms with van der Waals surface area (Å²) in [5.41, 5.74) is 4.23. The summed E-state index contributed by atoms with van der Waals surface area (Å²) in [6.07, 6.45) is 0. The van der Waals surface area contributed by atoms with Crippen LogP contribution in [0.2, 0.25) is 0 Å². The number of nitrogens with zero attached hydrogens (tertiary/aromatic N) is 5. The molecule has 0 aliphatic carbocycles. The largest absolute Gasteiger partial charge is 0.440 e. The molecule has 3 aromatic heterocycles. The summed E-state index contributed by atoms with van der Waals surface area (Å²) >= 11 is 3.16. The van der Waals surface area contributed by atoms with Gasteiger partial charge >= 0.3 is 0 Å². The number of hydrogen-bond donors (Lipinski definition) is 0. The Hall–Kier alpha value is -2.45. The van der Waals surface area contributed by atoms with Gasteiger partial charge in [-0.05, 0) is 65.9 Å². The molecular formula is C18H17N5OS2. The minimum atomic E-state index is 0.645. The fourth-order valence-corrected chi connectivity index (χ4v) is 4.25. The van der Waals surface area contributed by atoms with Crippen molar-refractivity contribution in [1.82, 2.24) is 25.2 Å². The van der Waals surface area contributed by atoms with E-state index in [-0.39, 0.29) is 0 Å². The number of thiophene rings is 1. The minimum Gasteiger partial charge on any atom is -0.440 e. The molecule has 3 heterocycles. The average Bonchev–Trinajstić information content (AvgIpc) is 3.33. The standard InChI is InChI=1S/C18H17N5OS2/c1-11-7-12(2)9-14(8-11)23-18(20-21-22-23)26-10-15-13(3)24-17(19-15)16-5-4-6-25-16/h4-9H,10H2,1-3H3. The van der Waals surface area contributed by atoms with E-state index in [2.05, 4.69) is 52.6 Å². The first-order chi connectivity index (χ1) is 12.6. The molecule has 0 spiro atoms. The topological polar surface area (TPSA) is 69.6 Å². The lowest BCUT2D eigenvalue weighted by molar-refractivity contribution is 0.542. The molecule has 4 rings (SSSR count). The quantitative estimate of drug-likeness (QED) is 0.469. The van der Waals surface area contributed by atoms with Crippen LogP contribution >= 0.6 is 23.1 Å². The van der Waals surface area contributed by atoms with E-state index in [4.69, 9.17) is 4.42 Å². The number of aryl methyl sites for hydroxylation is 3. The lowest BCUT2D eigenvalue weighted by Gasteiger charge is -2.06. The van der Waals surface area contributed by atoms with E-state index in [0.29, 0.717) is 11.6 Å². The molecule has 1 aromatic carbocycles. The van der Waals surface area contributed by atoms with Gasteiger partial charge in [0.25, 0.3) is 0 Å². The number of hydrogen-bond acceptors (Lipinski definition) is 7. The summed E-state index contributed by atoms with van der Waals surface area (Å²) in [5, 5.41) is 14.9. The molecule has 0 aliphatic heterocycles. The second-order valence-corrected chi connectivity index (χ2v) is 7.90. The van der Waals surface area contributed by atoms with E-state index >= 15 is 0 Å². The van der Waals surface area contributed by atoms with Crippen molar-refractivity contribution in [3.8, 4) is 16.5 Å². The van der Waals surface area contributed by atoms with Gasteiger partial charge in [-0.1, -0.05) is 23.9 Å². The number of tetrazole rings is 1. The molecule has 6 nitrogen and oxygen atoms in total. The van der Waals surface area contributed by atoms with Crippen LogP contribution < -0.4 is 0 Å². The van der Waals surface area contributed by atoms with Crippen LogP contribution in [0.5, 0.6) is 0 Å². The zero-order valence-corrected chi connectivity index (χ0v) is 16.3. The van der Waals surface area contributed by atoms with Crippen LogP contribution in [0.1, 0.15) is 22.6 Å². The maximum Gasteiger partial charge on any atom is 0.236 e. The number of thioether (sulfide) groups is 1. The van der Waals surface area contributed by atoms with Crippen LogP contribution in [0.25, 0.3) is 16.5 Å². The van der Waals surface area contributed by atoms with Gasteiger partial charge in [0.2, 0.25) is 11.0 Å². The maximum atomic E-state index is 5.80.